The molecule has 1 aromatic heterocycles. The number of fused-ring (bicyclic) bond motifs is 6. The fraction of sp³-hybridized carbons (Fsp3) is 0.240. The SMILES string of the molecule is O=C1C2C3C=CC(C3)C2C(=O)N1N=Cc1cn(Cc2cccc([N+](=O)[O-])c2)c2ccccc12. The van der Waals surface area contributed by atoms with Gasteiger partial charge in [-0.3, -0.25) is 19.7 Å². The van der Waals surface area contributed by atoms with Crippen molar-refractivity contribution in [3.05, 3.63) is 88.1 Å². The number of nitro groups is 1. The zero-order valence-corrected chi connectivity index (χ0v) is 17.6. The molecule has 33 heavy (non-hydrogen) atoms. The van der Waals surface area contributed by atoms with E-state index in [1.807, 2.05) is 41.1 Å². The molecule has 3 aromatic rings. The number of nitro benzene ring substituents is 1. The molecule has 2 amide bonds. The van der Waals surface area contributed by atoms with Gasteiger partial charge in [-0.25, -0.2) is 0 Å². The maximum Gasteiger partial charge on any atom is 0.269 e. The van der Waals surface area contributed by atoms with Gasteiger partial charge < -0.3 is 4.57 Å². The average Bonchev–Trinajstić information content (AvgIpc) is 3.57. The summed E-state index contributed by atoms with van der Waals surface area (Å²) in [6, 6.07) is 14.3. The van der Waals surface area contributed by atoms with Crippen molar-refractivity contribution < 1.29 is 14.5 Å². The van der Waals surface area contributed by atoms with E-state index in [4.69, 9.17) is 0 Å². The molecule has 2 fully saturated rings. The van der Waals surface area contributed by atoms with Gasteiger partial charge in [0.15, 0.2) is 0 Å². The molecule has 3 aliphatic rings. The number of amides is 2. The molecule has 1 saturated heterocycles. The van der Waals surface area contributed by atoms with E-state index in [1.165, 1.54) is 6.07 Å². The molecule has 1 aliphatic heterocycles. The number of aromatic nitrogens is 1. The van der Waals surface area contributed by atoms with Crippen LogP contribution in [0.1, 0.15) is 17.5 Å². The van der Waals surface area contributed by atoms with Gasteiger partial charge >= 0.3 is 0 Å². The van der Waals surface area contributed by atoms with E-state index in [9.17, 15) is 19.7 Å². The van der Waals surface area contributed by atoms with Crippen molar-refractivity contribution in [1.82, 2.24) is 9.58 Å². The molecular formula is C25H20N4O4. The summed E-state index contributed by atoms with van der Waals surface area (Å²) in [7, 11) is 0. The van der Waals surface area contributed by atoms with E-state index in [1.54, 1.807) is 18.3 Å². The van der Waals surface area contributed by atoms with Gasteiger partial charge in [0.05, 0.1) is 23.0 Å². The highest BCUT2D eigenvalue weighted by Crippen LogP contribution is 2.52. The normalized spacial score (nSPS) is 25.6. The second-order valence-electron chi connectivity index (χ2n) is 8.89. The van der Waals surface area contributed by atoms with Crippen LogP contribution in [0.15, 0.2) is 72.0 Å². The van der Waals surface area contributed by atoms with Crippen LogP contribution in [0.5, 0.6) is 0 Å². The number of carbonyl (C=O) groups is 2. The molecule has 8 heteroatoms. The van der Waals surface area contributed by atoms with E-state index >= 15 is 0 Å². The molecule has 2 aliphatic carbocycles. The summed E-state index contributed by atoms with van der Waals surface area (Å²) in [5, 5.41) is 17.4. The van der Waals surface area contributed by atoms with Crippen molar-refractivity contribution >= 4 is 34.6 Å². The summed E-state index contributed by atoms with van der Waals surface area (Å²) in [5.74, 6) is -0.682. The number of nitrogens with zero attached hydrogens (tertiary/aromatic N) is 4. The summed E-state index contributed by atoms with van der Waals surface area (Å²) in [4.78, 5) is 36.5. The van der Waals surface area contributed by atoms with Crippen LogP contribution >= 0.6 is 0 Å². The van der Waals surface area contributed by atoms with Gasteiger partial charge in [-0.05, 0) is 29.9 Å². The van der Waals surface area contributed by atoms with Crippen molar-refractivity contribution in [2.24, 2.45) is 28.8 Å². The topological polar surface area (TPSA) is 97.8 Å². The predicted molar refractivity (Wildman–Crippen MR) is 121 cm³/mol. The number of hydrazone groups is 1. The number of hydrogen-bond donors (Lipinski definition) is 0. The van der Waals surface area contributed by atoms with Gasteiger partial charge in [0.1, 0.15) is 0 Å². The first-order chi connectivity index (χ1) is 16.0. The monoisotopic (exact) mass is 440 g/mol. The molecule has 1 saturated carbocycles. The molecule has 8 nitrogen and oxygen atoms in total. The van der Waals surface area contributed by atoms with Gasteiger partial charge in [0.25, 0.3) is 17.5 Å². The first-order valence-corrected chi connectivity index (χ1v) is 10.9. The number of non-ortho nitro benzene ring substituents is 1. The Bertz CT molecular complexity index is 1360. The van der Waals surface area contributed by atoms with Crippen LogP contribution in [0.3, 0.4) is 0 Å². The maximum absolute atomic E-state index is 12.9. The van der Waals surface area contributed by atoms with Gasteiger partial charge in [0.2, 0.25) is 0 Å². The minimum Gasteiger partial charge on any atom is -0.342 e. The van der Waals surface area contributed by atoms with Crippen LogP contribution in [0.4, 0.5) is 5.69 Å². The highest BCUT2D eigenvalue weighted by atomic mass is 16.6. The Morgan fingerprint density at radius 3 is 2.48 bits per heavy atom. The zero-order chi connectivity index (χ0) is 22.7. The molecule has 0 N–H and O–H groups in total. The molecule has 2 aromatic carbocycles. The Balaban J connectivity index is 1.31. The molecular weight excluding hydrogens is 420 g/mol. The molecule has 2 heterocycles. The lowest BCUT2D eigenvalue weighted by Crippen LogP contribution is -2.28. The molecule has 2 bridgehead atoms. The fourth-order valence-electron chi connectivity index (χ4n) is 5.59. The van der Waals surface area contributed by atoms with E-state index in [-0.39, 0.29) is 41.2 Å². The van der Waals surface area contributed by atoms with Crippen LogP contribution in [0.2, 0.25) is 0 Å². The van der Waals surface area contributed by atoms with E-state index < -0.39 is 4.92 Å². The summed E-state index contributed by atoms with van der Waals surface area (Å²) < 4.78 is 1.99. The van der Waals surface area contributed by atoms with Crippen LogP contribution in [-0.4, -0.2) is 32.5 Å². The smallest absolute Gasteiger partial charge is 0.269 e. The van der Waals surface area contributed by atoms with E-state index in [0.29, 0.717) is 6.54 Å². The Morgan fingerprint density at radius 2 is 1.76 bits per heavy atom. The third-order valence-electron chi connectivity index (χ3n) is 7.05. The highest BCUT2D eigenvalue weighted by Gasteiger charge is 2.59. The first kappa shape index (κ1) is 19.6. The minimum absolute atomic E-state index is 0.0470. The highest BCUT2D eigenvalue weighted by molar-refractivity contribution is 6.07. The summed E-state index contributed by atoms with van der Waals surface area (Å²) in [5.41, 5.74) is 2.55. The lowest BCUT2D eigenvalue weighted by Gasteiger charge is -2.13. The Hall–Kier alpha value is -4.07. The largest absolute Gasteiger partial charge is 0.342 e. The minimum atomic E-state index is -0.406. The Morgan fingerprint density at radius 1 is 1.03 bits per heavy atom. The van der Waals surface area contributed by atoms with E-state index in [0.717, 1.165) is 33.5 Å². The standard InChI is InChI=1S/C25H20N4O4/c30-24-22-16-8-9-17(11-16)23(22)25(31)28(24)26-12-18-14-27(21-7-2-1-6-20(18)21)13-15-4-3-5-19(10-15)29(32)33/h1-10,12,14,16-17,22-23H,11,13H2. The van der Waals surface area contributed by atoms with Gasteiger partial charge in [-0.15, -0.1) is 0 Å². The lowest BCUT2D eigenvalue weighted by atomic mass is 9.85. The average molecular weight is 440 g/mol. The van der Waals surface area contributed by atoms with Crippen LogP contribution in [0, 0.1) is 33.8 Å². The second-order valence-corrected chi connectivity index (χ2v) is 8.89. The number of carbonyl (C=O) groups excluding carboxylic acids is 2. The first-order valence-electron chi connectivity index (χ1n) is 10.9. The van der Waals surface area contributed by atoms with Gasteiger partial charge in [0, 0.05) is 41.3 Å². The van der Waals surface area contributed by atoms with Crippen LogP contribution in [-0.2, 0) is 16.1 Å². The van der Waals surface area contributed by atoms with E-state index in [2.05, 4.69) is 17.3 Å². The number of para-hydroxylation sites is 1. The summed E-state index contributed by atoms with van der Waals surface area (Å²) >= 11 is 0. The number of hydrogen-bond acceptors (Lipinski definition) is 5. The van der Waals surface area contributed by atoms with Gasteiger partial charge in [-0.2, -0.15) is 10.1 Å². The lowest BCUT2D eigenvalue weighted by molar-refractivity contribution is -0.384. The molecule has 4 atom stereocenters. The number of benzene rings is 2. The third-order valence-corrected chi connectivity index (χ3v) is 7.05. The van der Waals surface area contributed by atoms with Crippen molar-refractivity contribution in [2.75, 3.05) is 0 Å². The maximum atomic E-state index is 12.9. The summed E-state index contributed by atoms with van der Waals surface area (Å²) in [6.45, 7) is 0.441. The number of allylic oxidation sites excluding steroid dienone is 2. The quantitative estimate of drug-likeness (QED) is 0.198. The van der Waals surface area contributed by atoms with Crippen molar-refractivity contribution in [1.29, 1.82) is 0 Å². The Labute approximate surface area is 188 Å². The molecule has 164 valence electrons. The molecule has 6 rings (SSSR count). The summed E-state index contributed by atoms with van der Waals surface area (Å²) in [6.07, 6.45) is 8.47. The van der Waals surface area contributed by atoms with Gasteiger partial charge in [-0.1, -0.05) is 42.5 Å². The van der Waals surface area contributed by atoms with Crippen LogP contribution in [0.25, 0.3) is 10.9 Å². The molecule has 0 spiro atoms. The van der Waals surface area contributed by atoms with Crippen molar-refractivity contribution in [3.8, 4) is 0 Å². The van der Waals surface area contributed by atoms with Crippen molar-refractivity contribution in [2.45, 2.75) is 13.0 Å². The Kier molecular flexibility index (Phi) is 4.29. The number of imide groups is 1. The zero-order valence-electron chi connectivity index (χ0n) is 17.6. The van der Waals surface area contributed by atoms with Crippen molar-refractivity contribution in [3.63, 3.8) is 0 Å². The second kappa shape index (κ2) is 7.23. The number of rotatable bonds is 5. The predicted octanol–water partition coefficient (Wildman–Crippen LogP) is 3.74. The fourth-order valence-corrected chi connectivity index (χ4v) is 5.59. The van der Waals surface area contributed by atoms with Crippen LogP contribution < -0.4 is 0 Å². The molecule has 0 radical (unpaired) electrons. The third kappa shape index (κ3) is 3.01. The molecule has 4 unspecified atom stereocenters.